The molecule has 0 amide bonds. The summed E-state index contributed by atoms with van der Waals surface area (Å²) in [6.45, 7) is 6.47. The van der Waals surface area contributed by atoms with E-state index in [4.69, 9.17) is 14.2 Å². The molecule has 0 bridgehead atoms. The predicted octanol–water partition coefficient (Wildman–Crippen LogP) is 22.2. The maximum Gasteiger partial charge on any atom is 0.306 e. The molecule has 0 aromatic carbocycles. The minimum Gasteiger partial charge on any atom is -0.462 e. The minimum atomic E-state index is -0.801. The Labute approximate surface area is 476 Å². The van der Waals surface area contributed by atoms with E-state index in [-0.39, 0.29) is 31.1 Å². The molecule has 0 saturated carbocycles. The van der Waals surface area contributed by atoms with Crippen LogP contribution in [0.4, 0.5) is 0 Å². The fourth-order valence-electron chi connectivity index (χ4n) is 8.88. The number of rotatable bonds is 58. The van der Waals surface area contributed by atoms with Gasteiger partial charge in [0.2, 0.25) is 0 Å². The van der Waals surface area contributed by atoms with Crippen molar-refractivity contribution in [2.24, 2.45) is 0 Å². The van der Waals surface area contributed by atoms with E-state index in [1.807, 2.05) is 0 Å². The summed E-state index contributed by atoms with van der Waals surface area (Å²) in [6.07, 6.45) is 88.1. The van der Waals surface area contributed by atoms with Crippen molar-refractivity contribution in [3.05, 3.63) is 109 Å². The topological polar surface area (TPSA) is 78.9 Å². The lowest BCUT2D eigenvalue weighted by Crippen LogP contribution is -2.30. The van der Waals surface area contributed by atoms with Crippen LogP contribution in [0.1, 0.15) is 303 Å². The fourth-order valence-corrected chi connectivity index (χ4v) is 8.88. The number of hydrogen-bond donors (Lipinski definition) is 0. The molecule has 0 rings (SSSR count). The van der Waals surface area contributed by atoms with Crippen molar-refractivity contribution >= 4 is 17.9 Å². The summed E-state index contributed by atoms with van der Waals surface area (Å²) in [5, 5.41) is 0. The molecule has 1 unspecified atom stereocenters. The van der Waals surface area contributed by atoms with E-state index < -0.39 is 6.10 Å². The highest BCUT2D eigenvalue weighted by Crippen LogP contribution is 2.16. The SMILES string of the molecule is CC/C=C\C/C=C\C/C=C\CCCCCC(=O)OCC(COC(=O)CCCCCCCCCCCCCC/C=C\C/C=C\C/C=C\CCCCCCC)OC(=O)CCCCCCCC/C=C\C/C=C\C/C=C\CCCCC. The summed E-state index contributed by atoms with van der Waals surface area (Å²) in [5.41, 5.74) is 0. The van der Waals surface area contributed by atoms with Gasteiger partial charge in [0.05, 0.1) is 0 Å². The second kappa shape index (κ2) is 64.6. The Balaban J connectivity index is 4.33. The molecule has 77 heavy (non-hydrogen) atoms. The van der Waals surface area contributed by atoms with Crippen molar-refractivity contribution in [1.29, 1.82) is 0 Å². The van der Waals surface area contributed by atoms with Crippen LogP contribution < -0.4 is 0 Å². The molecule has 0 fully saturated rings. The molecule has 0 aromatic heterocycles. The van der Waals surface area contributed by atoms with Gasteiger partial charge in [-0.3, -0.25) is 14.4 Å². The Morgan fingerprint density at radius 3 is 0.831 bits per heavy atom. The maximum absolute atomic E-state index is 12.9. The third kappa shape index (κ3) is 62.8. The molecule has 0 saturated heterocycles. The normalized spacial score (nSPS) is 12.8. The van der Waals surface area contributed by atoms with Crippen LogP contribution in [0.5, 0.6) is 0 Å². The van der Waals surface area contributed by atoms with Gasteiger partial charge < -0.3 is 14.2 Å². The molecule has 0 aromatic rings. The van der Waals surface area contributed by atoms with Gasteiger partial charge in [-0.1, -0.05) is 265 Å². The Morgan fingerprint density at radius 2 is 0.506 bits per heavy atom. The Bertz CT molecular complexity index is 1560. The largest absolute Gasteiger partial charge is 0.462 e. The zero-order valence-electron chi connectivity index (χ0n) is 50.4. The van der Waals surface area contributed by atoms with Crippen LogP contribution in [0.15, 0.2) is 109 Å². The lowest BCUT2D eigenvalue weighted by molar-refractivity contribution is -0.167. The third-order valence-corrected chi connectivity index (χ3v) is 13.7. The molecule has 440 valence electrons. The van der Waals surface area contributed by atoms with Crippen molar-refractivity contribution < 1.29 is 28.6 Å². The van der Waals surface area contributed by atoms with Crippen LogP contribution >= 0.6 is 0 Å². The Morgan fingerprint density at radius 1 is 0.273 bits per heavy atom. The van der Waals surface area contributed by atoms with Gasteiger partial charge in [-0.2, -0.15) is 0 Å². The summed E-state index contributed by atoms with van der Waals surface area (Å²) in [5.74, 6) is -0.934. The van der Waals surface area contributed by atoms with Crippen LogP contribution in [0, 0.1) is 0 Å². The average Bonchev–Trinajstić information content (AvgIpc) is 3.43. The van der Waals surface area contributed by atoms with Gasteiger partial charge in [0.15, 0.2) is 6.10 Å². The van der Waals surface area contributed by atoms with Crippen LogP contribution in [-0.2, 0) is 28.6 Å². The van der Waals surface area contributed by atoms with Crippen LogP contribution in [0.2, 0.25) is 0 Å². The number of carbonyl (C=O) groups excluding carboxylic acids is 3. The lowest BCUT2D eigenvalue weighted by atomic mass is 10.0. The van der Waals surface area contributed by atoms with Crippen molar-refractivity contribution in [2.75, 3.05) is 13.2 Å². The minimum absolute atomic E-state index is 0.0945. The molecule has 1 atom stereocenters. The fraction of sp³-hybridized carbons (Fsp3) is 0.704. The van der Waals surface area contributed by atoms with Crippen molar-refractivity contribution in [1.82, 2.24) is 0 Å². The summed E-state index contributed by atoms with van der Waals surface area (Å²) < 4.78 is 16.9. The standard InChI is InChI=1S/C71H120O6/c1-4-7-10-13-16-19-22-25-27-29-31-32-33-34-35-36-37-38-40-41-43-46-49-52-55-58-61-64-70(73)76-67-68(66-75-69(72)63-60-57-54-51-48-45-24-21-18-15-12-9-6-3)77-71(74)65-62-59-56-53-50-47-44-42-39-30-28-26-23-20-17-14-11-8-5-2/h9,12,17-18,20-22,25-26,28-29,31,33-34,39,42,45,48,68H,4-8,10-11,13-16,19,23-24,27,30,32,35-38,40-41,43-44,46-47,49-67H2,1-3H3/b12-9-,20-17-,21-18-,25-22-,28-26-,31-29-,34-33-,42-39-,48-45-. The molecule has 6 nitrogen and oxygen atoms in total. The molecule has 0 aliphatic carbocycles. The van der Waals surface area contributed by atoms with E-state index in [1.165, 1.54) is 141 Å². The Kier molecular flexibility index (Phi) is 61.3. The molecule has 0 radical (unpaired) electrons. The van der Waals surface area contributed by atoms with Crippen LogP contribution in [0.3, 0.4) is 0 Å². The van der Waals surface area contributed by atoms with Gasteiger partial charge >= 0.3 is 17.9 Å². The Hall–Kier alpha value is -3.93. The van der Waals surface area contributed by atoms with E-state index in [2.05, 4.69) is 130 Å². The van der Waals surface area contributed by atoms with E-state index in [1.54, 1.807) is 0 Å². The number of esters is 3. The second-order valence-corrected chi connectivity index (χ2v) is 21.3. The van der Waals surface area contributed by atoms with Gasteiger partial charge in [-0.15, -0.1) is 0 Å². The van der Waals surface area contributed by atoms with Gasteiger partial charge in [0.1, 0.15) is 13.2 Å². The first-order valence-electron chi connectivity index (χ1n) is 32.4. The van der Waals surface area contributed by atoms with Gasteiger partial charge in [-0.05, 0) is 128 Å². The van der Waals surface area contributed by atoms with Crippen LogP contribution in [-0.4, -0.2) is 37.2 Å². The predicted molar refractivity (Wildman–Crippen MR) is 334 cm³/mol. The van der Waals surface area contributed by atoms with Crippen LogP contribution in [0.25, 0.3) is 0 Å². The molecule has 6 heteroatoms. The smallest absolute Gasteiger partial charge is 0.306 e. The second-order valence-electron chi connectivity index (χ2n) is 21.3. The monoisotopic (exact) mass is 1070 g/mol. The lowest BCUT2D eigenvalue weighted by Gasteiger charge is -2.18. The zero-order chi connectivity index (χ0) is 55.7. The van der Waals surface area contributed by atoms with Crippen molar-refractivity contribution in [3.63, 3.8) is 0 Å². The summed E-state index contributed by atoms with van der Waals surface area (Å²) in [6, 6.07) is 0. The highest BCUT2D eigenvalue weighted by molar-refractivity contribution is 5.71. The highest BCUT2D eigenvalue weighted by Gasteiger charge is 2.19. The molecule has 0 spiro atoms. The average molecular weight is 1070 g/mol. The first-order chi connectivity index (χ1) is 38.0. The zero-order valence-corrected chi connectivity index (χ0v) is 50.4. The molecule has 0 aliphatic heterocycles. The quantitative estimate of drug-likeness (QED) is 0.0261. The molecular formula is C71H120O6. The van der Waals surface area contributed by atoms with E-state index >= 15 is 0 Å². The summed E-state index contributed by atoms with van der Waals surface area (Å²) in [7, 11) is 0. The van der Waals surface area contributed by atoms with Crippen molar-refractivity contribution in [3.8, 4) is 0 Å². The molecule has 0 aliphatic rings. The van der Waals surface area contributed by atoms with E-state index in [0.717, 1.165) is 122 Å². The van der Waals surface area contributed by atoms with Crippen molar-refractivity contribution in [2.45, 2.75) is 309 Å². The molecular weight excluding hydrogens is 949 g/mol. The number of carbonyl (C=O) groups is 3. The maximum atomic E-state index is 12.9. The van der Waals surface area contributed by atoms with E-state index in [0.29, 0.717) is 19.3 Å². The molecule has 0 heterocycles. The summed E-state index contributed by atoms with van der Waals surface area (Å²) in [4.78, 5) is 38.3. The first kappa shape index (κ1) is 73.1. The van der Waals surface area contributed by atoms with E-state index in [9.17, 15) is 14.4 Å². The highest BCUT2D eigenvalue weighted by atomic mass is 16.6. The number of unbranched alkanes of at least 4 members (excludes halogenated alkanes) is 29. The number of allylic oxidation sites excluding steroid dienone is 18. The molecule has 0 N–H and O–H groups in total. The summed E-state index contributed by atoms with van der Waals surface area (Å²) >= 11 is 0. The first-order valence-corrected chi connectivity index (χ1v) is 32.4. The third-order valence-electron chi connectivity index (χ3n) is 13.7. The van der Waals surface area contributed by atoms with Gasteiger partial charge in [0.25, 0.3) is 0 Å². The number of hydrogen-bond acceptors (Lipinski definition) is 6. The number of ether oxygens (including phenoxy) is 3. The van der Waals surface area contributed by atoms with Gasteiger partial charge in [0, 0.05) is 19.3 Å². The van der Waals surface area contributed by atoms with Gasteiger partial charge in [-0.25, -0.2) is 0 Å².